The molecule has 21 heavy (non-hydrogen) atoms. The van der Waals surface area contributed by atoms with E-state index in [-0.39, 0.29) is 12.0 Å². The topological polar surface area (TPSA) is 20.2 Å². The summed E-state index contributed by atoms with van der Waals surface area (Å²) in [5.74, 6) is 1.35. The average Bonchev–Trinajstić information content (AvgIpc) is 2.40. The molecule has 3 atom stereocenters. The van der Waals surface area contributed by atoms with Crippen LogP contribution in [0.2, 0.25) is 0 Å². The zero-order chi connectivity index (χ0) is 15.6. The first-order chi connectivity index (χ1) is 9.77. The van der Waals surface area contributed by atoms with E-state index in [1.165, 1.54) is 12.1 Å². The number of aliphatic hydroxyl groups is 1. The highest BCUT2D eigenvalue weighted by molar-refractivity contribution is 5.25. The van der Waals surface area contributed by atoms with Gasteiger partial charge in [-0.15, -0.1) is 0 Å². The van der Waals surface area contributed by atoms with Crippen molar-refractivity contribution in [2.45, 2.75) is 51.8 Å². The third-order valence-electron chi connectivity index (χ3n) is 4.70. The molecule has 1 aliphatic rings. The number of rotatable bonds is 3. The van der Waals surface area contributed by atoms with Gasteiger partial charge >= 0.3 is 6.18 Å². The minimum absolute atomic E-state index is 0.155. The second-order valence-electron chi connectivity index (χ2n) is 6.54. The molecular weight excluding hydrogens is 277 g/mol. The van der Waals surface area contributed by atoms with Gasteiger partial charge in [0.25, 0.3) is 0 Å². The zero-order valence-corrected chi connectivity index (χ0v) is 12.5. The number of halogens is 3. The van der Waals surface area contributed by atoms with E-state index in [0.29, 0.717) is 18.3 Å². The molecule has 2 rings (SSSR count). The summed E-state index contributed by atoms with van der Waals surface area (Å²) in [7, 11) is 0. The predicted octanol–water partition coefficient (Wildman–Crippen LogP) is 4.68. The van der Waals surface area contributed by atoms with Gasteiger partial charge in [0.2, 0.25) is 0 Å². The first-order valence-electron chi connectivity index (χ1n) is 7.61. The van der Waals surface area contributed by atoms with Crippen molar-refractivity contribution in [1.29, 1.82) is 0 Å². The number of hydrogen-bond donors (Lipinski definition) is 1. The average molecular weight is 300 g/mol. The van der Waals surface area contributed by atoms with Gasteiger partial charge < -0.3 is 5.11 Å². The summed E-state index contributed by atoms with van der Waals surface area (Å²) in [5, 5.41) is 10.1. The maximum atomic E-state index is 12.5. The molecule has 0 saturated heterocycles. The fraction of sp³-hybridized carbons (Fsp3) is 0.647. The van der Waals surface area contributed by atoms with Gasteiger partial charge in [0.15, 0.2) is 0 Å². The summed E-state index contributed by atoms with van der Waals surface area (Å²) in [6.45, 7) is 4.38. The Morgan fingerprint density at radius 1 is 1.14 bits per heavy atom. The zero-order valence-electron chi connectivity index (χ0n) is 12.5. The molecule has 0 aromatic heterocycles. The Kier molecular flexibility index (Phi) is 4.97. The Balaban J connectivity index is 2.03. The summed E-state index contributed by atoms with van der Waals surface area (Å²) in [6, 6.07) is 5.33. The monoisotopic (exact) mass is 300 g/mol. The summed E-state index contributed by atoms with van der Waals surface area (Å²) in [6.07, 6.45) is -1.16. The molecule has 1 aromatic rings. The molecule has 1 fully saturated rings. The highest BCUT2D eigenvalue weighted by Crippen LogP contribution is 2.36. The molecule has 1 nitrogen and oxygen atoms in total. The SMILES string of the molecule is CC(C)C1CCC(O)C(Cc2ccc(C(F)(F)F)cc2)C1. The molecule has 0 heterocycles. The molecular formula is C17H23F3O. The normalized spacial score (nSPS) is 27.1. The van der Waals surface area contributed by atoms with Crippen molar-refractivity contribution >= 4 is 0 Å². The third kappa shape index (κ3) is 4.22. The second-order valence-corrected chi connectivity index (χ2v) is 6.54. The van der Waals surface area contributed by atoms with Crippen molar-refractivity contribution in [3.05, 3.63) is 35.4 Å². The minimum Gasteiger partial charge on any atom is -0.393 e. The number of aliphatic hydroxyl groups excluding tert-OH is 1. The van der Waals surface area contributed by atoms with Crippen LogP contribution in [-0.4, -0.2) is 11.2 Å². The largest absolute Gasteiger partial charge is 0.416 e. The molecule has 0 aliphatic heterocycles. The van der Waals surface area contributed by atoms with Crippen LogP contribution in [0.3, 0.4) is 0 Å². The van der Waals surface area contributed by atoms with Gasteiger partial charge in [-0.25, -0.2) is 0 Å². The van der Waals surface area contributed by atoms with Crippen molar-refractivity contribution < 1.29 is 18.3 Å². The summed E-state index contributed by atoms with van der Waals surface area (Å²) >= 11 is 0. The first kappa shape index (κ1) is 16.3. The molecule has 3 unspecified atom stereocenters. The van der Waals surface area contributed by atoms with Crippen molar-refractivity contribution in [1.82, 2.24) is 0 Å². The maximum Gasteiger partial charge on any atom is 0.416 e. The van der Waals surface area contributed by atoms with Crippen LogP contribution < -0.4 is 0 Å². The van der Waals surface area contributed by atoms with Crippen LogP contribution >= 0.6 is 0 Å². The molecule has 0 spiro atoms. The fourth-order valence-corrected chi connectivity index (χ4v) is 3.24. The third-order valence-corrected chi connectivity index (χ3v) is 4.70. The Hall–Kier alpha value is -1.03. The molecule has 118 valence electrons. The number of hydrogen-bond acceptors (Lipinski definition) is 1. The number of alkyl halides is 3. The van der Waals surface area contributed by atoms with E-state index in [4.69, 9.17) is 0 Å². The van der Waals surface area contributed by atoms with Crippen LogP contribution in [0.5, 0.6) is 0 Å². The molecule has 4 heteroatoms. The predicted molar refractivity (Wildman–Crippen MR) is 76.8 cm³/mol. The van der Waals surface area contributed by atoms with E-state index in [1.807, 2.05) is 0 Å². The standard InChI is InChI=1S/C17H23F3O/c1-11(2)13-5-8-16(21)14(10-13)9-12-3-6-15(7-4-12)17(18,19)20/h3-4,6-7,11,13-14,16,21H,5,8-10H2,1-2H3. The van der Waals surface area contributed by atoms with Crippen LogP contribution in [0.4, 0.5) is 13.2 Å². The van der Waals surface area contributed by atoms with Gasteiger partial charge in [-0.2, -0.15) is 13.2 Å². The summed E-state index contributed by atoms with van der Waals surface area (Å²) < 4.78 is 37.6. The van der Waals surface area contributed by atoms with Gasteiger partial charge in [-0.1, -0.05) is 26.0 Å². The Labute approximate surface area is 124 Å². The van der Waals surface area contributed by atoms with Crippen LogP contribution in [0.1, 0.15) is 44.2 Å². The van der Waals surface area contributed by atoms with Crippen LogP contribution in [0.25, 0.3) is 0 Å². The lowest BCUT2D eigenvalue weighted by molar-refractivity contribution is -0.137. The smallest absolute Gasteiger partial charge is 0.393 e. The Morgan fingerprint density at radius 3 is 2.29 bits per heavy atom. The molecule has 1 aliphatic carbocycles. The summed E-state index contributed by atoms with van der Waals surface area (Å²) in [4.78, 5) is 0. The van der Waals surface area contributed by atoms with Crippen molar-refractivity contribution in [2.24, 2.45) is 17.8 Å². The molecule has 1 aromatic carbocycles. The summed E-state index contributed by atoms with van der Waals surface area (Å²) in [5.41, 5.74) is 0.256. The quantitative estimate of drug-likeness (QED) is 0.859. The van der Waals surface area contributed by atoms with E-state index in [9.17, 15) is 18.3 Å². The van der Waals surface area contributed by atoms with Gasteiger partial charge in [0.1, 0.15) is 0 Å². The van der Waals surface area contributed by atoms with E-state index >= 15 is 0 Å². The molecule has 0 radical (unpaired) electrons. The lowest BCUT2D eigenvalue weighted by Gasteiger charge is -2.35. The van der Waals surface area contributed by atoms with E-state index in [2.05, 4.69) is 13.8 Å². The van der Waals surface area contributed by atoms with Crippen molar-refractivity contribution in [2.75, 3.05) is 0 Å². The lowest BCUT2D eigenvalue weighted by Crippen LogP contribution is -2.32. The molecule has 0 amide bonds. The molecule has 1 saturated carbocycles. The van der Waals surface area contributed by atoms with Gasteiger partial charge in [0, 0.05) is 0 Å². The van der Waals surface area contributed by atoms with Crippen LogP contribution in [0, 0.1) is 17.8 Å². The van der Waals surface area contributed by atoms with E-state index in [1.54, 1.807) is 0 Å². The maximum absolute atomic E-state index is 12.5. The minimum atomic E-state index is -4.29. The Morgan fingerprint density at radius 2 is 1.76 bits per heavy atom. The van der Waals surface area contributed by atoms with E-state index in [0.717, 1.165) is 37.0 Å². The Bertz CT molecular complexity index is 450. The molecule has 0 bridgehead atoms. The van der Waals surface area contributed by atoms with Gasteiger partial charge in [-0.05, 0) is 61.1 Å². The van der Waals surface area contributed by atoms with Gasteiger partial charge in [0.05, 0.1) is 11.7 Å². The van der Waals surface area contributed by atoms with E-state index < -0.39 is 11.7 Å². The molecule has 1 N–H and O–H groups in total. The fourth-order valence-electron chi connectivity index (χ4n) is 3.24. The van der Waals surface area contributed by atoms with Crippen LogP contribution in [0.15, 0.2) is 24.3 Å². The highest BCUT2D eigenvalue weighted by atomic mass is 19.4. The van der Waals surface area contributed by atoms with Gasteiger partial charge in [-0.3, -0.25) is 0 Å². The van der Waals surface area contributed by atoms with Crippen molar-refractivity contribution in [3.8, 4) is 0 Å². The lowest BCUT2D eigenvalue weighted by atomic mass is 9.73. The number of benzene rings is 1. The second kappa shape index (κ2) is 6.39. The van der Waals surface area contributed by atoms with Crippen LogP contribution in [-0.2, 0) is 12.6 Å². The highest BCUT2D eigenvalue weighted by Gasteiger charge is 2.32. The van der Waals surface area contributed by atoms with Crippen molar-refractivity contribution in [3.63, 3.8) is 0 Å². The first-order valence-corrected chi connectivity index (χ1v) is 7.61.